The molecule has 0 rings (SSSR count). The summed E-state index contributed by atoms with van der Waals surface area (Å²) in [6.45, 7) is 11.7. The quantitative estimate of drug-likeness (QED) is 0.0203. The van der Waals surface area contributed by atoms with Gasteiger partial charge in [0.05, 0.1) is 18.8 Å². The molecule has 0 saturated carbocycles. The van der Waals surface area contributed by atoms with Crippen LogP contribution in [0.25, 0.3) is 0 Å². The van der Waals surface area contributed by atoms with Crippen molar-refractivity contribution in [3.63, 3.8) is 0 Å². The average Bonchev–Trinajstić information content (AvgIpc) is 3.11. The number of guanidine groups is 1. The van der Waals surface area contributed by atoms with Crippen molar-refractivity contribution in [1.82, 2.24) is 31.9 Å². The van der Waals surface area contributed by atoms with E-state index in [9.17, 15) is 48.9 Å². The third-order valence-electron chi connectivity index (χ3n) is 8.76. The first-order valence-corrected chi connectivity index (χ1v) is 19.9. The van der Waals surface area contributed by atoms with Gasteiger partial charge in [0.2, 0.25) is 35.4 Å². The molecule has 0 heterocycles. The predicted octanol–water partition coefficient (Wildman–Crippen LogP) is -3.00. The van der Waals surface area contributed by atoms with E-state index in [2.05, 4.69) is 36.9 Å². The van der Waals surface area contributed by atoms with Gasteiger partial charge in [0.25, 0.3) is 0 Å². The van der Waals surface area contributed by atoms with Gasteiger partial charge < -0.3 is 70.2 Å². The van der Waals surface area contributed by atoms with Crippen molar-refractivity contribution >= 4 is 47.4 Å². The standard InChI is InChI=1S/C37H71N11O10/c1-19(2)15-23(39)30(51)48-29(22(7)50)35(56)46-27(17-21(5)6)32(53)43-24(11-8-9-13-38)31(52)45-26(16-20(3)4)33(54)47-28(18-49)34(55)44-25(36(57)58)12-10-14-42-37(40)41/h19-29,49-50H,8-18,38-39H2,1-7H3,(H,43,53)(H,44,55)(H,45,52)(H,46,56)(H,47,54)(H,48,51)(H,57,58)(H4,40,41,42)/t22-,23+,24+,25+,26+,27+,28+,29+/m1/s1. The molecule has 21 heteroatoms. The lowest BCUT2D eigenvalue weighted by atomic mass is 9.99. The highest BCUT2D eigenvalue weighted by molar-refractivity contribution is 5.97. The number of nitrogens with zero attached hydrogens (tertiary/aromatic N) is 1. The van der Waals surface area contributed by atoms with E-state index in [0.29, 0.717) is 25.8 Å². The minimum atomic E-state index is -1.58. The van der Waals surface area contributed by atoms with E-state index >= 15 is 0 Å². The number of aliphatic hydroxyl groups excluding tert-OH is 2. The van der Waals surface area contributed by atoms with Gasteiger partial charge in [-0.1, -0.05) is 41.5 Å². The Morgan fingerprint density at radius 2 is 1.00 bits per heavy atom. The SMILES string of the molecule is CC(C)C[C@H](NC(=O)[C@H](CCCCN)NC(=O)[C@H](CC(C)C)NC(=O)[C@@H](NC(=O)[C@@H](N)CC(C)C)[C@@H](C)O)C(=O)N[C@@H](CO)C(=O)N[C@@H](CCCN=C(N)N)C(=O)O. The van der Waals surface area contributed by atoms with E-state index in [1.165, 1.54) is 6.92 Å². The normalized spacial score (nSPS) is 15.5. The maximum atomic E-state index is 13.8. The van der Waals surface area contributed by atoms with E-state index in [1.807, 2.05) is 27.7 Å². The summed E-state index contributed by atoms with van der Waals surface area (Å²) >= 11 is 0. The molecule has 0 aliphatic heterocycles. The van der Waals surface area contributed by atoms with Crippen molar-refractivity contribution in [3.8, 4) is 0 Å². The van der Waals surface area contributed by atoms with Gasteiger partial charge in [-0.25, -0.2) is 4.79 Å². The van der Waals surface area contributed by atoms with Crippen molar-refractivity contribution in [1.29, 1.82) is 0 Å². The summed E-state index contributed by atoms with van der Waals surface area (Å²) in [5, 5.41) is 45.0. The second kappa shape index (κ2) is 27.9. The first kappa shape index (κ1) is 53.4. The van der Waals surface area contributed by atoms with E-state index in [1.54, 1.807) is 13.8 Å². The number of carbonyl (C=O) groups is 7. The average molecular weight is 830 g/mol. The fourth-order valence-electron chi connectivity index (χ4n) is 5.75. The summed E-state index contributed by atoms with van der Waals surface area (Å²) in [5.74, 6) is -6.59. The number of nitrogens with two attached hydrogens (primary N) is 4. The molecule has 0 aromatic carbocycles. The molecule has 0 aromatic rings. The van der Waals surface area contributed by atoms with E-state index in [-0.39, 0.29) is 62.4 Å². The Morgan fingerprint density at radius 3 is 1.45 bits per heavy atom. The highest BCUT2D eigenvalue weighted by Crippen LogP contribution is 2.12. The maximum Gasteiger partial charge on any atom is 0.326 e. The molecule has 21 nitrogen and oxygen atoms in total. The Morgan fingerprint density at radius 1 is 0.569 bits per heavy atom. The smallest absolute Gasteiger partial charge is 0.326 e. The molecule has 0 aromatic heterocycles. The molecule has 6 amide bonds. The lowest BCUT2D eigenvalue weighted by Crippen LogP contribution is -2.61. The molecule has 17 N–H and O–H groups in total. The highest BCUT2D eigenvalue weighted by Gasteiger charge is 2.35. The van der Waals surface area contributed by atoms with Crippen LogP contribution in [0.15, 0.2) is 4.99 Å². The van der Waals surface area contributed by atoms with Crippen molar-refractivity contribution in [2.75, 3.05) is 19.7 Å². The van der Waals surface area contributed by atoms with Crippen LogP contribution in [-0.4, -0.2) is 131 Å². The zero-order valence-electron chi connectivity index (χ0n) is 35.1. The summed E-state index contributed by atoms with van der Waals surface area (Å²) in [5.41, 5.74) is 22.2. The van der Waals surface area contributed by atoms with Crippen molar-refractivity contribution < 1.29 is 48.9 Å². The van der Waals surface area contributed by atoms with E-state index in [0.717, 1.165) is 0 Å². The monoisotopic (exact) mass is 830 g/mol. The van der Waals surface area contributed by atoms with Gasteiger partial charge in [-0.2, -0.15) is 0 Å². The number of aliphatic imine (C=N–C) groups is 1. The lowest BCUT2D eigenvalue weighted by Gasteiger charge is -2.29. The molecular weight excluding hydrogens is 758 g/mol. The van der Waals surface area contributed by atoms with Crippen LogP contribution in [0.3, 0.4) is 0 Å². The number of carbonyl (C=O) groups excluding carboxylic acids is 6. The van der Waals surface area contributed by atoms with Crippen LogP contribution in [0.5, 0.6) is 0 Å². The number of aliphatic hydroxyl groups is 2. The number of rotatable bonds is 29. The number of carboxylic acid groups (broad SMARTS) is 1. The fourth-order valence-corrected chi connectivity index (χ4v) is 5.75. The van der Waals surface area contributed by atoms with Gasteiger partial charge in [0.15, 0.2) is 5.96 Å². The molecule has 8 atom stereocenters. The molecule has 0 aliphatic carbocycles. The van der Waals surface area contributed by atoms with E-state index < -0.39 is 96.4 Å². The number of amides is 6. The molecule has 0 unspecified atom stereocenters. The van der Waals surface area contributed by atoms with Gasteiger partial charge >= 0.3 is 5.97 Å². The van der Waals surface area contributed by atoms with Crippen LogP contribution in [0.4, 0.5) is 0 Å². The second-order valence-corrected chi connectivity index (χ2v) is 15.8. The first-order valence-electron chi connectivity index (χ1n) is 19.9. The zero-order chi connectivity index (χ0) is 44.7. The highest BCUT2D eigenvalue weighted by atomic mass is 16.4. The van der Waals surface area contributed by atoms with Crippen LogP contribution in [-0.2, 0) is 33.6 Å². The number of hydrogen-bond acceptors (Lipinski definition) is 12. The van der Waals surface area contributed by atoms with Crippen LogP contribution in [0.1, 0.15) is 99.8 Å². The largest absolute Gasteiger partial charge is 0.480 e. The minimum absolute atomic E-state index is 0.0558. The Hall–Kier alpha value is -4.60. The summed E-state index contributed by atoms with van der Waals surface area (Å²) in [6.07, 6.45) is 0.299. The molecular formula is C37H71N11O10. The molecule has 0 radical (unpaired) electrons. The number of nitrogens with one attached hydrogen (secondary N) is 6. The van der Waals surface area contributed by atoms with Crippen molar-refractivity contribution in [2.24, 2.45) is 45.7 Å². The first-order chi connectivity index (χ1) is 27.0. The number of hydrogen-bond donors (Lipinski definition) is 13. The Kier molecular flexibility index (Phi) is 25.7. The molecule has 0 fully saturated rings. The summed E-state index contributed by atoms with van der Waals surface area (Å²) in [6, 6.07) is -9.04. The van der Waals surface area contributed by atoms with E-state index in [4.69, 9.17) is 22.9 Å². The third kappa shape index (κ3) is 21.8. The van der Waals surface area contributed by atoms with Gasteiger partial charge in [-0.3, -0.25) is 33.8 Å². The third-order valence-corrected chi connectivity index (χ3v) is 8.76. The molecule has 0 bridgehead atoms. The van der Waals surface area contributed by atoms with Crippen LogP contribution in [0, 0.1) is 17.8 Å². The maximum absolute atomic E-state index is 13.8. The van der Waals surface area contributed by atoms with Crippen molar-refractivity contribution in [3.05, 3.63) is 0 Å². The molecule has 0 aliphatic rings. The van der Waals surface area contributed by atoms with Gasteiger partial charge in [-0.15, -0.1) is 0 Å². The molecule has 58 heavy (non-hydrogen) atoms. The summed E-state index contributed by atoms with van der Waals surface area (Å²) in [7, 11) is 0. The number of unbranched alkanes of at least 4 members (excludes halogenated alkanes) is 1. The molecule has 334 valence electrons. The minimum Gasteiger partial charge on any atom is -0.480 e. The second-order valence-electron chi connectivity index (χ2n) is 15.8. The summed E-state index contributed by atoms with van der Waals surface area (Å²) < 4.78 is 0. The number of carboxylic acids is 1. The van der Waals surface area contributed by atoms with Crippen molar-refractivity contribution in [2.45, 2.75) is 148 Å². The Bertz CT molecular complexity index is 1360. The fraction of sp³-hybridized carbons (Fsp3) is 0.784. The lowest BCUT2D eigenvalue weighted by molar-refractivity contribution is -0.142. The van der Waals surface area contributed by atoms with Gasteiger partial charge in [0.1, 0.15) is 36.3 Å². The molecule has 0 saturated heterocycles. The number of aliphatic carboxylic acids is 1. The topological polar surface area (TPSA) is 369 Å². The van der Waals surface area contributed by atoms with Gasteiger partial charge in [-0.05, 0) is 82.6 Å². The molecule has 0 spiro atoms. The summed E-state index contributed by atoms with van der Waals surface area (Å²) in [4.78, 5) is 95.9. The van der Waals surface area contributed by atoms with Gasteiger partial charge in [0, 0.05) is 6.54 Å². The van der Waals surface area contributed by atoms with Crippen LogP contribution >= 0.6 is 0 Å². The zero-order valence-corrected chi connectivity index (χ0v) is 35.1. The predicted molar refractivity (Wildman–Crippen MR) is 217 cm³/mol. The Balaban J connectivity index is 6.19. The van der Waals surface area contributed by atoms with Crippen LogP contribution in [0.2, 0.25) is 0 Å². The van der Waals surface area contributed by atoms with Crippen LogP contribution < -0.4 is 54.8 Å². The Labute approximate surface area is 341 Å².